The number of hydrogen-bond acceptors (Lipinski definition) is 0. The van der Waals surface area contributed by atoms with Crippen LogP contribution in [0.15, 0.2) is 121 Å². The van der Waals surface area contributed by atoms with Crippen LogP contribution in [-0.4, -0.2) is 0 Å². The van der Waals surface area contributed by atoms with Crippen molar-refractivity contribution in [1.29, 1.82) is 0 Å². The van der Waals surface area contributed by atoms with E-state index in [4.69, 9.17) is 0 Å². The Balaban J connectivity index is 1.22. The zero-order valence-corrected chi connectivity index (χ0v) is 21.0. The molecule has 0 saturated heterocycles. The van der Waals surface area contributed by atoms with Crippen LogP contribution in [0, 0.1) is 0 Å². The highest BCUT2D eigenvalue weighted by Gasteiger charge is 2.35. The van der Waals surface area contributed by atoms with E-state index >= 15 is 0 Å². The second kappa shape index (κ2) is 7.31. The first kappa shape index (κ1) is 20.7. The van der Waals surface area contributed by atoms with Gasteiger partial charge in [-0.05, 0) is 83.6 Å². The van der Waals surface area contributed by atoms with E-state index in [-0.39, 0.29) is 5.41 Å². The van der Waals surface area contributed by atoms with Crippen molar-refractivity contribution < 1.29 is 0 Å². The fourth-order valence-corrected chi connectivity index (χ4v) is 6.80. The van der Waals surface area contributed by atoms with Crippen LogP contribution in [-0.2, 0) is 5.41 Å². The molecule has 0 atom stereocenters. The minimum absolute atomic E-state index is 0.0454. The quantitative estimate of drug-likeness (QED) is 0.236. The summed E-state index contributed by atoms with van der Waals surface area (Å²) in [7, 11) is 0. The van der Waals surface area contributed by atoms with Crippen LogP contribution in [0.25, 0.3) is 66.4 Å². The second-order valence-electron chi connectivity index (χ2n) is 10.9. The lowest BCUT2D eigenvalue weighted by atomic mass is 9.82. The van der Waals surface area contributed by atoms with Crippen molar-refractivity contribution in [3.8, 4) is 55.6 Å². The molecule has 0 aromatic heterocycles. The van der Waals surface area contributed by atoms with Crippen LogP contribution in [0.5, 0.6) is 0 Å². The van der Waals surface area contributed by atoms with Crippen LogP contribution in [0.1, 0.15) is 25.0 Å². The highest BCUT2D eigenvalue weighted by Crippen LogP contribution is 2.50. The number of fused-ring (bicyclic) bond motifs is 6. The molecule has 2 aliphatic rings. The first-order valence-corrected chi connectivity index (χ1v) is 13.1. The molecule has 0 saturated carbocycles. The molecule has 37 heavy (non-hydrogen) atoms. The maximum atomic E-state index is 2.38. The van der Waals surface area contributed by atoms with Crippen molar-refractivity contribution in [3.05, 3.63) is 132 Å². The van der Waals surface area contributed by atoms with Gasteiger partial charge in [0.15, 0.2) is 0 Å². The van der Waals surface area contributed by atoms with Gasteiger partial charge in [0.25, 0.3) is 0 Å². The van der Waals surface area contributed by atoms with Gasteiger partial charge in [-0.1, -0.05) is 129 Å². The fraction of sp³-hybridized carbons (Fsp3) is 0.0811. The molecule has 0 heterocycles. The fourth-order valence-electron chi connectivity index (χ4n) is 6.80. The number of benzene rings is 6. The first-order chi connectivity index (χ1) is 18.1. The molecule has 0 amide bonds. The van der Waals surface area contributed by atoms with Gasteiger partial charge in [0.05, 0.1) is 0 Å². The smallest absolute Gasteiger partial charge is 0.0158 e. The molecule has 0 bridgehead atoms. The molecule has 0 spiro atoms. The van der Waals surface area contributed by atoms with E-state index in [9.17, 15) is 0 Å². The van der Waals surface area contributed by atoms with Gasteiger partial charge < -0.3 is 0 Å². The van der Waals surface area contributed by atoms with Gasteiger partial charge in [-0.25, -0.2) is 0 Å². The third-order valence-electron chi connectivity index (χ3n) is 8.66. The lowest BCUT2D eigenvalue weighted by molar-refractivity contribution is 0.660. The average molecular weight is 471 g/mol. The van der Waals surface area contributed by atoms with E-state index in [1.807, 2.05) is 0 Å². The van der Waals surface area contributed by atoms with Gasteiger partial charge in [0, 0.05) is 5.41 Å². The Hall–Kier alpha value is -4.42. The predicted molar refractivity (Wildman–Crippen MR) is 157 cm³/mol. The molecule has 6 aromatic rings. The summed E-state index contributed by atoms with van der Waals surface area (Å²) in [6.07, 6.45) is 0. The molecule has 0 aliphatic heterocycles. The zero-order chi connectivity index (χ0) is 24.7. The van der Waals surface area contributed by atoms with Crippen molar-refractivity contribution in [2.24, 2.45) is 0 Å². The molecular formula is C37H26. The van der Waals surface area contributed by atoms with E-state index in [1.165, 1.54) is 77.5 Å². The number of hydrogen-bond donors (Lipinski definition) is 0. The van der Waals surface area contributed by atoms with Crippen molar-refractivity contribution in [1.82, 2.24) is 0 Å². The van der Waals surface area contributed by atoms with Crippen LogP contribution in [0.3, 0.4) is 0 Å². The van der Waals surface area contributed by atoms with Crippen molar-refractivity contribution >= 4 is 10.8 Å². The highest BCUT2D eigenvalue weighted by atomic mass is 14.4. The van der Waals surface area contributed by atoms with Gasteiger partial charge in [-0.15, -0.1) is 0 Å². The molecule has 0 N–H and O–H groups in total. The Labute approximate surface area is 217 Å². The molecule has 2 aliphatic carbocycles. The topological polar surface area (TPSA) is 0 Å². The summed E-state index contributed by atoms with van der Waals surface area (Å²) < 4.78 is 0. The van der Waals surface area contributed by atoms with Gasteiger partial charge in [0.2, 0.25) is 0 Å². The van der Waals surface area contributed by atoms with Gasteiger partial charge in [-0.3, -0.25) is 0 Å². The molecule has 0 nitrogen and oxygen atoms in total. The van der Waals surface area contributed by atoms with Gasteiger partial charge >= 0.3 is 0 Å². The molecule has 0 radical (unpaired) electrons. The lowest BCUT2D eigenvalue weighted by Gasteiger charge is -2.21. The normalized spacial score (nSPS) is 13.9. The van der Waals surface area contributed by atoms with Crippen LogP contribution < -0.4 is 0 Å². The molecule has 0 fully saturated rings. The Morgan fingerprint density at radius 2 is 0.946 bits per heavy atom. The molecule has 0 heteroatoms. The Bertz CT molecular complexity index is 1850. The van der Waals surface area contributed by atoms with E-state index in [1.54, 1.807) is 0 Å². The Morgan fingerprint density at radius 3 is 1.73 bits per heavy atom. The summed E-state index contributed by atoms with van der Waals surface area (Å²) in [6.45, 7) is 4.67. The summed E-state index contributed by atoms with van der Waals surface area (Å²) in [5, 5.41) is 2.71. The molecule has 8 rings (SSSR count). The summed E-state index contributed by atoms with van der Waals surface area (Å²) in [6, 6.07) is 45.1. The van der Waals surface area contributed by atoms with Crippen molar-refractivity contribution in [3.63, 3.8) is 0 Å². The maximum Gasteiger partial charge on any atom is 0.0158 e. The van der Waals surface area contributed by atoms with Crippen LogP contribution in [0.4, 0.5) is 0 Å². The Kier molecular flexibility index (Phi) is 4.10. The largest absolute Gasteiger partial charge is 0.0619 e. The van der Waals surface area contributed by atoms with Gasteiger partial charge in [0.1, 0.15) is 0 Å². The highest BCUT2D eigenvalue weighted by molar-refractivity contribution is 6.18. The Morgan fingerprint density at radius 1 is 0.378 bits per heavy atom. The predicted octanol–water partition coefficient (Wildman–Crippen LogP) is 10.1. The van der Waals surface area contributed by atoms with E-state index in [0.717, 1.165) is 0 Å². The van der Waals surface area contributed by atoms with Crippen LogP contribution >= 0.6 is 0 Å². The summed E-state index contributed by atoms with van der Waals surface area (Å²) in [5.74, 6) is 0. The minimum atomic E-state index is 0.0454. The third-order valence-corrected chi connectivity index (χ3v) is 8.66. The summed E-state index contributed by atoms with van der Waals surface area (Å²) in [4.78, 5) is 0. The van der Waals surface area contributed by atoms with Crippen LogP contribution in [0.2, 0.25) is 0 Å². The standard InChI is InChI=1S/C37H26/c1-37(2)34-13-6-5-10-29(34)33-22-25(18-21-35(33)37)23-14-16-24(17-15-23)26-19-20-32-28-9-4-3-8-27(28)31-12-7-11-30(26)36(31)32/h3-22H,1-2H3. The lowest BCUT2D eigenvalue weighted by Crippen LogP contribution is -2.14. The monoisotopic (exact) mass is 470 g/mol. The molecular weight excluding hydrogens is 444 g/mol. The minimum Gasteiger partial charge on any atom is -0.0619 e. The summed E-state index contributed by atoms with van der Waals surface area (Å²) in [5.41, 5.74) is 16.1. The first-order valence-electron chi connectivity index (χ1n) is 13.1. The van der Waals surface area contributed by atoms with E-state index in [2.05, 4.69) is 135 Å². The number of rotatable bonds is 2. The van der Waals surface area contributed by atoms with Gasteiger partial charge in [-0.2, -0.15) is 0 Å². The van der Waals surface area contributed by atoms with E-state index < -0.39 is 0 Å². The molecule has 0 unspecified atom stereocenters. The third kappa shape index (κ3) is 2.79. The average Bonchev–Trinajstić information content (AvgIpc) is 3.39. The molecule has 6 aromatic carbocycles. The van der Waals surface area contributed by atoms with Crippen molar-refractivity contribution in [2.45, 2.75) is 19.3 Å². The van der Waals surface area contributed by atoms with Crippen molar-refractivity contribution in [2.75, 3.05) is 0 Å². The molecule has 174 valence electrons. The maximum absolute atomic E-state index is 2.38. The SMILES string of the molecule is CC1(C)c2ccccc2-c2cc(-c3ccc(-c4ccc5c6c(cccc46)-c4ccccc4-5)cc3)ccc21. The van der Waals surface area contributed by atoms with E-state index in [0.29, 0.717) is 0 Å². The zero-order valence-electron chi connectivity index (χ0n) is 21.0. The summed E-state index contributed by atoms with van der Waals surface area (Å²) >= 11 is 0. The second-order valence-corrected chi connectivity index (χ2v) is 10.9.